The van der Waals surface area contributed by atoms with Gasteiger partial charge in [-0.3, -0.25) is 14.6 Å². The molecule has 0 atom stereocenters. The molecule has 4 aromatic rings. The molecule has 8 nitrogen and oxygen atoms in total. The number of nitrogens with zero attached hydrogens (tertiary/aromatic N) is 6. The van der Waals surface area contributed by atoms with Crippen molar-refractivity contribution >= 4 is 56.0 Å². The molecule has 1 aliphatic heterocycles. The Morgan fingerprint density at radius 3 is 2.78 bits per heavy atom. The molecule has 0 spiro atoms. The number of ether oxygens (including phenoxy) is 1. The van der Waals surface area contributed by atoms with Gasteiger partial charge < -0.3 is 4.74 Å². The van der Waals surface area contributed by atoms with Crippen LogP contribution in [0.25, 0.3) is 21.3 Å². The third kappa shape index (κ3) is 4.58. The molecular formula is C21H22ClFN6O2S. The molecule has 1 amide bonds. The van der Waals surface area contributed by atoms with E-state index in [9.17, 15) is 9.18 Å². The number of carbonyl (C=O) groups excluding carboxylic acids is 1. The van der Waals surface area contributed by atoms with E-state index in [0.29, 0.717) is 36.1 Å². The van der Waals surface area contributed by atoms with E-state index in [1.807, 2.05) is 30.3 Å². The summed E-state index contributed by atoms with van der Waals surface area (Å²) < 4.78 is 21.9. The van der Waals surface area contributed by atoms with Gasteiger partial charge in [-0.2, -0.15) is 0 Å². The molecule has 0 radical (unpaired) electrons. The second-order valence-corrected chi connectivity index (χ2v) is 8.33. The predicted molar refractivity (Wildman–Crippen MR) is 124 cm³/mol. The Hall–Kier alpha value is -2.66. The average molecular weight is 477 g/mol. The maximum atomic E-state index is 14.2. The van der Waals surface area contributed by atoms with Crippen LogP contribution in [-0.4, -0.2) is 70.2 Å². The molecule has 1 fully saturated rings. The van der Waals surface area contributed by atoms with Crippen molar-refractivity contribution in [2.24, 2.45) is 0 Å². The van der Waals surface area contributed by atoms with Gasteiger partial charge in [-0.15, -0.1) is 17.5 Å². The lowest BCUT2D eigenvalue weighted by molar-refractivity contribution is -0.119. The third-order valence-corrected chi connectivity index (χ3v) is 6.38. The van der Waals surface area contributed by atoms with Crippen LogP contribution in [0.4, 0.5) is 9.52 Å². The van der Waals surface area contributed by atoms with E-state index >= 15 is 0 Å². The van der Waals surface area contributed by atoms with Crippen LogP contribution in [0.3, 0.4) is 0 Å². The Bertz CT molecular complexity index is 1230. The first-order valence-electron chi connectivity index (χ1n) is 10.1. The molecule has 0 unspecified atom stereocenters. The molecular weight excluding hydrogens is 455 g/mol. The van der Waals surface area contributed by atoms with E-state index in [-0.39, 0.29) is 36.2 Å². The van der Waals surface area contributed by atoms with Gasteiger partial charge in [-0.05, 0) is 24.3 Å². The first-order valence-corrected chi connectivity index (χ1v) is 10.9. The van der Waals surface area contributed by atoms with Gasteiger partial charge in [0.05, 0.1) is 23.4 Å². The summed E-state index contributed by atoms with van der Waals surface area (Å²) in [5.41, 5.74) is 1.81. The normalized spacial score (nSPS) is 14.5. The van der Waals surface area contributed by atoms with E-state index in [2.05, 4.69) is 20.2 Å². The number of halogens is 2. The highest BCUT2D eigenvalue weighted by Crippen LogP contribution is 2.30. The van der Waals surface area contributed by atoms with E-state index in [0.717, 1.165) is 24.1 Å². The summed E-state index contributed by atoms with van der Waals surface area (Å²) in [6.07, 6.45) is 0. The number of aromatic nitrogens is 4. The number of anilines is 1. The minimum atomic E-state index is -0.386. The Balaban J connectivity index is 0.00000245. The number of rotatable bonds is 6. The molecule has 0 aliphatic carbocycles. The number of amides is 1. The molecule has 5 rings (SSSR count). The highest BCUT2D eigenvalue weighted by molar-refractivity contribution is 7.22. The van der Waals surface area contributed by atoms with Crippen LogP contribution in [0.15, 0.2) is 42.5 Å². The number of hydrogen-bond donors (Lipinski definition) is 0. The number of hydrogen-bond acceptors (Lipinski definition) is 7. The van der Waals surface area contributed by atoms with Crippen LogP contribution >= 0.6 is 23.7 Å². The Labute approximate surface area is 194 Å². The molecule has 2 aromatic carbocycles. The summed E-state index contributed by atoms with van der Waals surface area (Å²) in [7, 11) is 0. The minimum absolute atomic E-state index is 0. The fourth-order valence-electron chi connectivity index (χ4n) is 3.66. The fourth-order valence-corrected chi connectivity index (χ4v) is 4.68. The van der Waals surface area contributed by atoms with Gasteiger partial charge in [-0.1, -0.05) is 34.7 Å². The summed E-state index contributed by atoms with van der Waals surface area (Å²) >= 11 is 1.32. The van der Waals surface area contributed by atoms with E-state index in [1.165, 1.54) is 17.4 Å². The van der Waals surface area contributed by atoms with E-state index in [1.54, 1.807) is 15.6 Å². The highest BCUT2D eigenvalue weighted by Gasteiger charge is 2.23. The van der Waals surface area contributed by atoms with Gasteiger partial charge >= 0.3 is 0 Å². The van der Waals surface area contributed by atoms with Crippen LogP contribution in [-0.2, 0) is 16.1 Å². The first-order chi connectivity index (χ1) is 15.2. The number of benzene rings is 2. The van der Waals surface area contributed by atoms with Crippen molar-refractivity contribution in [3.8, 4) is 0 Å². The number of fused-ring (bicyclic) bond motifs is 2. The van der Waals surface area contributed by atoms with Crippen LogP contribution in [0.5, 0.6) is 0 Å². The van der Waals surface area contributed by atoms with Crippen molar-refractivity contribution in [3.05, 3.63) is 48.3 Å². The zero-order chi connectivity index (χ0) is 21.2. The van der Waals surface area contributed by atoms with Crippen molar-refractivity contribution < 1.29 is 13.9 Å². The Kier molecular flexibility index (Phi) is 6.95. The van der Waals surface area contributed by atoms with Crippen molar-refractivity contribution in [2.75, 3.05) is 44.3 Å². The quantitative estimate of drug-likeness (QED) is 0.426. The number of thiazole rings is 1. The van der Waals surface area contributed by atoms with Crippen molar-refractivity contribution in [2.45, 2.75) is 6.54 Å². The van der Waals surface area contributed by atoms with Crippen LogP contribution < -0.4 is 4.90 Å². The second kappa shape index (κ2) is 9.86. The number of carbonyl (C=O) groups is 1. The molecule has 1 saturated heterocycles. The second-order valence-electron chi connectivity index (χ2n) is 7.32. The molecule has 0 N–H and O–H groups in total. The summed E-state index contributed by atoms with van der Waals surface area (Å²) in [5, 5.41) is 8.75. The van der Waals surface area contributed by atoms with Crippen molar-refractivity contribution in [1.29, 1.82) is 0 Å². The molecule has 0 bridgehead atoms. The maximum Gasteiger partial charge on any atom is 0.250 e. The molecule has 0 saturated carbocycles. The van der Waals surface area contributed by atoms with E-state index in [4.69, 9.17) is 4.74 Å². The van der Waals surface area contributed by atoms with Crippen molar-refractivity contribution in [1.82, 2.24) is 24.9 Å². The number of morpholine rings is 1. The molecule has 32 heavy (non-hydrogen) atoms. The molecule has 1 aliphatic rings. The van der Waals surface area contributed by atoms with Crippen LogP contribution in [0, 0.1) is 5.82 Å². The molecule has 3 heterocycles. The van der Waals surface area contributed by atoms with Crippen molar-refractivity contribution in [3.63, 3.8) is 0 Å². The summed E-state index contributed by atoms with van der Waals surface area (Å²) in [5.74, 6) is -0.550. The fraction of sp³-hybridized carbons (Fsp3) is 0.333. The predicted octanol–water partition coefficient (Wildman–Crippen LogP) is 2.97. The average Bonchev–Trinajstić information content (AvgIpc) is 3.40. The lowest BCUT2D eigenvalue weighted by atomic mass is 10.3. The lowest BCUT2D eigenvalue weighted by Crippen LogP contribution is -2.44. The summed E-state index contributed by atoms with van der Waals surface area (Å²) in [6.45, 7) is 4.19. The highest BCUT2D eigenvalue weighted by atomic mass is 35.5. The SMILES string of the molecule is Cl.O=C(Cn1nnc2ccccc21)N(CCN1CCOCC1)c1nc2c(F)cccc2s1. The molecule has 11 heteroatoms. The zero-order valence-electron chi connectivity index (χ0n) is 17.2. The van der Waals surface area contributed by atoms with E-state index < -0.39 is 0 Å². The zero-order valence-corrected chi connectivity index (χ0v) is 18.8. The Morgan fingerprint density at radius 2 is 1.97 bits per heavy atom. The smallest absolute Gasteiger partial charge is 0.250 e. The monoisotopic (exact) mass is 476 g/mol. The third-order valence-electron chi connectivity index (χ3n) is 5.34. The van der Waals surface area contributed by atoms with Gasteiger partial charge in [0, 0.05) is 26.2 Å². The van der Waals surface area contributed by atoms with Crippen LogP contribution in [0.1, 0.15) is 0 Å². The standard InChI is InChI=1S/C21H21FN6O2S.ClH/c22-15-4-3-7-18-20(15)23-21(31-18)27(9-8-26-10-12-30-13-11-26)19(29)14-28-17-6-2-1-5-16(17)24-25-28;/h1-7H,8-14H2;1H. The largest absolute Gasteiger partial charge is 0.379 e. The molecule has 168 valence electrons. The summed E-state index contributed by atoms with van der Waals surface area (Å²) in [6, 6.07) is 12.4. The van der Waals surface area contributed by atoms with Gasteiger partial charge in [0.2, 0.25) is 0 Å². The Morgan fingerprint density at radius 1 is 1.16 bits per heavy atom. The topological polar surface area (TPSA) is 76.4 Å². The lowest BCUT2D eigenvalue weighted by Gasteiger charge is -2.29. The number of para-hydroxylation sites is 2. The van der Waals surface area contributed by atoms with Crippen LogP contribution in [0.2, 0.25) is 0 Å². The van der Waals surface area contributed by atoms with Gasteiger partial charge in [0.1, 0.15) is 23.4 Å². The maximum absolute atomic E-state index is 14.2. The summed E-state index contributed by atoms with van der Waals surface area (Å²) in [4.78, 5) is 21.7. The van der Waals surface area contributed by atoms with Gasteiger partial charge in [0.25, 0.3) is 5.91 Å². The minimum Gasteiger partial charge on any atom is -0.379 e. The molecule has 2 aromatic heterocycles. The van der Waals surface area contributed by atoms with Gasteiger partial charge in [-0.25, -0.2) is 14.1 Å². The first kappa shape index (κ1) is 22.5. The van der Waals surface area contributed by atoms with Gasteiger partial charge in [0.15, 0.2) is 5.13 Å².